The summed E-state index contributed by atoms with van der Waals surface area (Å²) >= 11 is 4.35. The van der Waals surface area contributed by atoms with E-state index in [1.807, 2.05) is 0 Å². The predicted molar refractivity (Wildman–Crippen MR) is 32.5 cm³/mol. The van der Waals surface area contributed by atoms with Crippen LogP contribution in [-0.2, 0) is 4.74 Å². The summed E-state index contributed by atoms with van der Waals surface area (Å²) in [5.41, 5.74) is 2.36. The highest BCUT2D eigenvalue weighted by Crippen LogP contribution is 1.59. The second-order valence-electron chi connectivity index (χ2n) is 1.02. The number of rotatable bonds is 4. The first kappa shape index (κ1) is 6.85. The van der Waals surface area contributed by atoms with E-state index in [1.54, 1.807) is 7.11 Å². The SMILES string of the molecule is COCCN[C]=S. The van der Waals surface area contributed by atoms with Crippen molar-refractivity contribution in [3.63, 3.8) is 0 Å². The van der Waals surface area contributed by atoms with Gasteiger partial charge < -0.3 is 10.1 Å². The van der Waals surface area contributed by atoms with Gasteiger partial charge in [0.15, 0.2) is 0 Å². The van der Waals surface area contributed by atoms with Crippen molar-refractivity contribution in [1.29, 1.82) is 0 Å². The average Bonchev–Trinajstić information content (AvgIpc) is 1.69. The maximum absolute atomic E-state index is 4.70. The number of hydrogen-bond acceptors (Lipinski definition) is 2. The number of thiocarbonyl (C=S) groups is 1. The van der Waals surface area contributed by atoms with E-state index in [-0.39, 0.29) is 0 Å². The second kappa shape index (κ2) is 5.85. The predicted octanol–water partition coefficient (Wildman–Crippen LogP) is 0.0566. The quantitative estimate of drug-likeness (QED) is 0.320. The van der Waals surface area contributed by atoms with Crippen LogP contribution in [0.1, 0.15) is 0 Å². The van der Waals surface area contributed by atoms with Crippen molar-refractivity contribution in [3.8, 4) is 0 Å². The molecule has 0 aromatic heterocycles. The lowest BCUT2D eigenvalue weighted by Crippen LogP contribution is -2.15. The second-order valence-corrected chi connectivity index (χ2v) is 1.23. The molecule has 1 radical (unpaired) electrons. The van der Waals surface area contributed by atoms with Gasteiger partial charge in [0.25, 0.3) is 0 Å². The fraction of sp³-hybridized carbons (Fsp3) is 0.750. The lowest BCUT2D eigenvalue weighted by molar-refractivity contribution is 0.204. The molecule has 0 aromatic rings. The van der Waals surface area contributed by atoms with Crippen LogP contribution >= 0.6 is 12.2 Å². The van der Waals surface area contributed by atoms with E-state index >= 15 is 0 Å². The van der Waals surface area contributed by atoms with Crippen molar-refractivity contribution in [1.82, 2.24) is 5.32 Å². The maximum atomic E-state index is 4.70. The van der Waals surface area contributed by atoms with Gasteiger partial charge in [0.1, 0.15) is 5.49 Å². The summed E-state index contributed by atoms with van der Waals surface area (Å²) in [6.45, 7) is 1.43. The van der Waals surface area contributed by atoms with Crippen molar-refractivity contribution in [2.45, 2.75) is 0 Å². The van der Waals surface area contributed by atoms with Crippen molar-refractivity contribution >= 4 is 17.7 Å². The molecule has 1 N–H and O–H groups in total. The Labute approximate surface area is 48.9 Å². The third-order valence-electron chi connectivity index (χ3n) is 0.503. The summed E-state index contributed by atoms with van der Waals surface area (Å²) < 4.78 is 4.70. The number of ether oxygens (including phenoxy) is 1. The van der Waals surface area contributed by atoms with E-state index in [0.717, 1.165) is 6.54 Å². The summed E-state index contributed by atoms with van der Waals surface area (Å²) in [6, 6.07) is 0. The molecule has 0 aliphatic rings. The first-order valence-corrected chi connectivity index (χ1v) is 2.41. The smallest absolute Gasteiger partial charge is 0.134 e. The van der Waals surface area contributed by atoms with Crippen LogP contribution in [-0.4, -0.2) is 25.8 Å². The molecular weight excluding hydrogens is 110 g/mol. The molecule has 2 nitrogen and oxygen atoms in total. The monoisotopic (exact) mass is 118 g/mol. The lowest BCUT2D eigenvalue weighted by atomic mass is 10.7. The van der Waals surface area contributed by atoms with Crippen LogP contribution in [0, 0.1) is 0 Å². The normalized spacial score (nSPS) is 8.14. The van der Waals surface area contributed by atoms with Gasteiger partial charge in [0.05, 0.1) is 6.61 Å². The third-order valence-corrected chi connectivity index (χ3v) is 0.648. The summed E-state index contributed by atoms with van der Waals surface area (Å²) in [7, 11) is 1.64. The molecule has 0 rings (SSSR count). The van der Waals surface area contributed by atoms with E-state index in [0.29, 0.717) is 6.61 Å². The number of methoxy groups -OCH3 is 1. The Morgan fingerprint density at radius 1 is 1.86 bits per heavy atom. The summed E-state index contributed by atoms with van der Waals surface area (Å²) in [5, 5.41) is 2.69. The molecule has 0 aromatic carbocycles. The van der Waals surface area contributed by atoms with Crippen molar-refractivity contribution in [2.75, 3.05) is 20.3 Å². The molecule has 3 heteroatoms. The van der Waals surface area contributed by atoms with Crippen LogP contribution in [0.4, 0.5) is 0 Å². The van der Waals surface area contributed by atoms with Gasteiger partial charge in [0.2, 0.25) is 0 Å². The van der Waals surface area contributed by atoms with Gasteiger partial charge >= 0.3 is 0 Å². The van der Waals surface area contributed by atoms with Crippen LogP contribution in [0.5, 0.6) is 0 Å². The summed E-state index contributed by atoms with van der Waals surface area (Å²) in [4.78, 5) is 0. The average molecular weight is 118 g/mol. The van der Waals surface area contributed by atoms with Crippen LogP contribution in [0.15, 0.2) is 0 Å². The summed E-state index contributed by atoms with van der Waals surface area (Å²) in [6.07, 6.45) is 0. The minimum absolute atomic E-state index is 0.684. The number of hydrogen-bond donors (Lipinski definition) is 1. The Hall–Kier alpha value is -0.150. The lowest BCUT2D eigenvalue weighted by Gasteiger charge is -1.93. The van der Waals surface area contributed by atoms with Crippen molar-refractivity contribution < 1.29 is 4.74 Å². The highest BCUT2D eigenvalue weighted by molar-refractivity contribution is 7.78. The van der Waals surface area contributed by atoms with Gasteiger partial charge in [-0.3, -0.25) is 0 Å². The highest BCUT2D eigenvalue weighted by atomic mass is 32.1. The van der Waals surface area contributed by atoms with E-state index in [2.05, 4.69) is 23.0 Å². The molecule has 0 heterocycles. The van der Waals surface area contributed by atoms with Crippen LogP contribution in [0.25, 0.3) is 0 Å². The van der Waals surface area contributed by atoms with Gasteiger partial charge in [-0.15, -0.1) is 0 Å². The van der Waals surface area contributed by atoms with Crippen molar-refractivity contribution in [2.24, 2.45) is 0 Å². The first-order chi connectivity index (χ1) is 3.41. The zero-order chi connectivity index (χ0) is 5.54. The van der Waals surface area contributed by atoms with E-state index < -0.39 is 0 Å². The fourth-order valence-corrected chi connectivity index (χ4v) is 0.306. The molecule has 0 bridgehead atoms. The maximum Gasteiger partial charge on any atom is 0.134 e. The van der Waals surface area contributed by atoms with Crippen LogP contribution in [0.3, 0.4) is 0 Å². The fourth-order valence-electron chi connectivity index (χ4n) is 0.204. The first-order valence-electron chi connectivity index (χ1n) is 2.00. The molecular formula is C4H8NOS. The zero-order valence-electron chi connectivity index (χ0n) is 4.23. The number of nitrogens with one attached hydrogen (secondary N) is 1. The van der Waals surface area contributed by atoms with E-state index in [1.165, 1.54) is 0 Å². The Morgan fingerprint density at radius 2 is 2.57 bits per heavy atom. The highest BCUT2D eigenvalue weighted by Gasteiger charge is 1.75. The molecule has 7 heavy (non-hydrogen) atoms. The summed E-state index contributed by atoms with van der Waals surface area (Å²) in [5.74, 6) is 0. The Morgan fingerprint density at radius 3 is 3.00 bits per heavy atom. The van der Waals surface area contributed by atoms with Crippen molar-refractivity contribution in [3.05, 3.63) is 0 Å². The molecule has 0 unspecified atom stereocenters. The molecule has 0 aliphatic carbocycles. The zero-order valence-corrected chi connectivity index (χ0v) is 5.05. The van der Waals surface area contributed by atoms with Gasteiger partial charge in [-0.25, -0.2) is 0 Å². The van der Waals surface area contributed by atoms with Gasteiger partial charge in [-0.1, -0.05) is 12.2 Å². The molecule has 0 amide bonds. The molecule has 41 valence electrons. The minimum atomic E-state index is 0.684. The Bertz CT molecular complexity index is 49.0. The molecule has 0 saturated heterocycles. The van der Waals surface area contributed by atoms with E-state index in [4.69, 9.17) is 4.74 Å². The molecule has 0 spiro atoms. The largest absolute Gasteiger partial charge is 0.383 e. The molecule has 0 aliphatic heterocycles. The molecule has 0 saturated carbocycles. The topological polar surface area (TPSA) is 21.3 Å². The standard InChI is InChI=1S/C4H8NOS/c1-6-3-2-5-4-7/h2-3H2,1H3,(H,5,7). The minimum Gasteiger partial charge on any atom is -0.383 e. The van der Waals surface area contributed by atoms with Crippen LogP contribution < -0.4 is 5.32 Å². The Kier molecular flexibility index (Phi) is 5.72. The van der Waals surface area contributed by atoms with Gasteiger partial charge in [-0.2, -0.15) is 0 Å². The Balaban J connectivity index is 2.56. The molecule has 0 atom stereocenters. The van der Waals surface area contributed by atoms with Gasteiger partial charge in [-0.05, 0) is 0 Å². The van der Waals surface area contributed by atoms with E-state index in [9.17, 15) is 0 Å². The van der Waals surface area contributed by atoms with Gasteiger partial charge in [0, 0.05) is 13.7 Å². The third kappa shape index (κ3) is 5.85. The molecule has 0 fully saturated rings. The van der Waals surface area contributed by atoms with Crippen LogP contribution in [0.2, 0.25) is 0 Å².